The smallest absolute Gasteiger partial charge is 0.287 e. The summed E-state index contributed by atoms with van der Waals surface area (Å²) in [7, 11) is 0. The average molecular weight is 312 g/mol. The van der Waals surface area contributed by atoms with Gasteiger partial charge >= 0.3 is 0 Å². The molecule has 0 aliphatic carbocycles. The first-order chi connectivity index (χ1) is 10.8. The fourth-order valence-corrected chi connectivity index (χ4v) is 1.96. The summed E-state index contributed by atoms with van der Waals surface area (Å²) in [6, 6.07) is 6.96. The number of carbonyl (C=O) groups is 1. The Balaban J connectivity index is 1.95. The first-order valence-electron chi connectivity index (χ1n) is 7.38. The molecule has 0 aliphatic heterocycles. The minimum atomic E-state index is -1.10. The van der Waals surface area contributed by atoms with Gasteiger partial charge in [0.1, 0.15) is 5.60 Å². The Morgan fingerprint density at radius 2 is 2.22 bits per heavy atom. The summed E-state index contributed by atoms with van der Waals surface area (Å²) in [5.74, 6) is 5.58. The average Bonchev–Trinajstić information content (AvgIpc) is 2.94. The minimum absolute atomic E-state index is 0.0530. The number of furan rings is 1. The normalized spacial score (nSPS) is 12.2. The second kappa shape index (κ2) is 7.12. The summed E-state index contributed by atoms with van der Waals surface area (Å²) < 4.78 is 5.38. The predicted molar refractivity (Wildman–Crippen MR) is 86.8 cm³/mol. The topological polar surface area (TPSA) is 75.4 Å². The fraction of sp³-hybridized carbons (Fsp3) is 0.333. The lowest BCUT2D eigenvalue weighted by atomic mass is 10.1. The van der Waals surface area contributed by atoms with Crippen molar-refractivity contribution < 1.29 is 14.3 Å². The maximum absolute atomic E-state index is 12.1. The molecular weight excluding hydrogens is 292 g/mol. The Morgan fingerprint density at radius 1 is 1.43 bits per heavy atom. The van der Waals surface area contributed by atoms with Crippen LogP contribution in [0.15, 0.2) is 41.1 Å². The number of rotatable bonds is 4. The number of nitrogens with one attached hydrogen (secondary N) is 1. The Hall–Kier alpha value is -2.58. The van der Waals surface area contributed by atoms with E-state index in [1.54, 1.807) is 38.4 Å². The molecule has 1 atom stereocenters. The lowest BCUT2D eigenvalue weighted by Gasteiger charge is -2.12. The highest BCUT2D eigenvalue weighted by atomic mass is 16.3. The Kier molecular flexibility index (Phi) is 5.20. The third-order valence-electron chi connectivity index (χ3n) is 2.96. The molecule has 23 heavy (non-hydrogen) atoms. The zero-order valence-corrected chi connectivity index (χ0v) is 13.5. The monoisotopic (exact) mass is 312 g/mol. The van der Waals surface area contributed by atoms with Crippen LogP contribution in [0.25, 0.3) is 0 Å². The quantitative estimate of drug-likeness (QED) is 0.848. The Morgan fingerprint density at radius 3 is 2.87 bits per heavy atom. The first kappa shape index (κ1) is 16.8. The maximum Gasteiger partial charge on any atom is 0.287 e. The Bertz CT molecular complexity index is 718. The van der Waals surface area contributed by atoms with Gasteiger partial charge in [-0.2, -0.15) is 0 Å². The molecule has 0 saturated heterocycles. The van der Waals surface area contributed by atoms with Gasteiger partial charge in [-0.05, 0) is 56.9 Å². The highest BCUT2D eigenvalue weighted by Gasteiger charge is 2.14. The summed E-state index contributed by atoms with van der Waals surface area (Å²) in [5, 5.41) is 12.4. The van der Waals surface area contributed by atoms with Crippen LogP contribution in [0, 0.1) is 11.8 Å². The van der Waals surface area contributed by atoms with Crippen molar-refractivity contribution in [3.63, 3.8) is 0 Å². The van der Waals surface area contributed by atoms with Crippen LogP contribution >= 0.6 is 0 Å². The minimum Gasteiger partial charge on any atom is -0.443 e. The van der Waals surface area contributed by atoms with E-state index >= 15 is 0 Å². The summed E-state index contributed by atoms with van der Waals surface area (Å²) in [6.45, 7) is 5.08. The SMILES string of the molecule is C[C@@H](Cc1cccnc1)NC(=O)c1ccc(C#CC(C)(C)O)o1. The molecule has 2 aromatic heterocycles. The van der Waals surface area contributed by atoms with E-state index in [-0.39, 0.29) is 17.7 Å². The van der Waals surface area contributed by atoms with Crippen LogP contribution in [0.2, 0.25) is 0 Å². The number of aliphatic hydroxyl groups is 1. The number of pyridine rings is 1. The fourth-order valence-electron chi connectivity index (χ4n) is 1.96. The third-order valence-corrected chi connectivity index (χ3v) is 2.96. The molecule has 2 N–H and O–H groups in total. The molecule has 2 heterocycles. The van der Waals surface area contributed by atoms with Crippen LogP contribution in [0.4, 0.5) is 0 Å². The zero-order chi connectivity index (χ0) is 16.9. The van der Waals surface area contributed by atoms with Crippen LogP contribution in [-0.4, -0.2) is 27.6 Å². The largest absolute Gasteiger partial charge is 0.443 e. The predicted octanol–water partition coefficient (Wildman–Crippen LogP) is 2.16. The molecular formula is C18H20N2O3. The van der Waals surface area contributed by atoms with Crippen molar-refractivity contribution in [3.8, 4) is 11.8 Å². The summed E-state index contributed by atoms with van der Waals surface area (Å²) in [5.41, 5.74) is -0.0514. The molecule has 0 aromatic carbocycles. The van der Waals surface area contributed by atoms with E-state index in [1.807, 2.05) is 19.1 Å². The number of hydrogen-bond acceptors (Lipinski definition) is 4. The van der Waals surface area contributed by atoms with E-state index < -0.39 is 5.60 Å². The van der Waals surface area contributed by atoms with Gasteiger partial charge in [0, 0.05) is 18.4 Å². The zero-order valence-electron chi connectivity index (χ0n) is 13.5. The van der Waals surface area contributed by atoms with Crippen molar-refractivity contribution in [2.45, 2.75) is 38.8 Å². The number of nitrogens with zero attached hydrogens (tertiary/aromatic N) is 1. The van der Waals surface area contributed by atoms with Gasteiger partial charge in [0.25, 0.3) is 5.91 Å². The molecule has 0 spiro atoms. The molecule has 5 heteroatoms. The van der Waals surface area contributed by atoms with E-state index in [0.29, 0.717) is 12.2 Å². The molecule has 5 nitrogen and oxygen atoms in total. The second-order valence-electron chi connectivity index (χ2n) is 5.91. The molecule has 2 rings (SSSR count). The van der Waals surface area contributed by atoms with Gasteiger partial charge in [-0.15, -0.1) is 0 Å². The molecule has 0 aliphatic rings. The van der Waals surface area contributed by atoms with Gasteiger partial charge in [0.2, 0.25) is 0 Å². The van der Waals surface area contributed by atoms with Gasteiger partial charge in [0.05, 0.1) is 0 Å². The highest BCUT2D eigenvalue weighted by molar-refractivity contribution is 5.91. The molecule has 1 amide bonds. The number of amides is 1. The van der Waals surface area contributed by atoms with Gasteiger partial charge in [-0.25, -0.2) is 0 Å². The lowest BCUT2D eigenvalue weighted by molar-refractivity contribution is 0.0911. The Labute approximate surface area is 135 Å². The molecule has 0 radical (unpaired) electrons. The molecule has 0 bridgehead atoms. The summed E-state index contributed by atoms with van der Waals surface area (Å²) in [6.07, 6.45) is 4.18. The van der Waals surface area contributed by atoms with Gasteiger partial charge in [0.15, 0.2) is 11.5 Å². The van der Waals surface area contributed by atoms with Crippen LogP contribution in [0.3, 0.4) is 0 Å². The summed E-state index contributed by atoms with van der Waals surface area (Å²) in [4.78, 5) is 16.2. The van der Waals surface area contributed by atoms with Crippen LogP contribution in [0.1, 0.15) is 42.6 Å². The third kappa shape index (κ3) is 5.61. The molecule has 2 aromatic rings. The van der Waals surface area contributed by atoms with E-state index in [9.17, 15) is 9.90 Å². The van der Waals surface area contributed by atoms with Crippen molar-refractivity contribution >= 4 is 5.91 Å². The van der Waals surface area contributed by atoms with Crippen molar-refractivity contribution in [3.05, 3.63) is 53.7 Å². The van der Waals surface area contributed by atoms with Crippen molar-refractivity contribution in [2.24, 2.45) is 0 Å². The van der Waals surface area contributed by atoms with Crippen molar-refractivity contribution in [2.75, 3.05) is 0 Å². The second-order valence-corrected chi connectivity index (χ2v) is 5.91. The van der Waals surface area contributed by atoms with Crippen LogP contribution in [0.5, 0.6) is 0 Å². The molecule has 0 saturated carbocycles. The van der Waals surface area contributed by atoms with E-state index in [1.165, 1.54) is 0 Å². The van der Waals surface area contributed by atoms with Crippen molar-refractivity contribution in [1.29, 1.82) is 0 Å². The first-order valence-corrected chi connectivity index (χ1v) is 7.38. The summed E-state index contributed by atoms with van der Waals surface area (Å²) >= 11 is 0. The van der Waals surface area contributed by atoms with Gasteiger partial charge in [-0.3, -0.25) is 9.78 Å². The molecule has 120 valence electrons. The number of hydrogen-bond donors (Lipinski definition) is 2. The number of carbonyl (C=O) groups excluding carboxylic acids is 1. The number of aromatic nitrogens is 1. The van der Waals surface area contributed by atoms with E-state index in [0.717, 1.165) is 5.56 Å². The van der Waals surface area contributed by atoms with Crippen LogP contribution < -0.4 is 5.32 Å². The van der Waals surface area contributed by atoms with Crippen LogP contribution in [-0.2, 0) is 6.42 Å². The standard InChI is InChI=1S/C18H20N2O3/c1-13(11-14-5-4-10-19-12-14)20-17(21)16-7-6-15(23-16)8-9-18(2,3)22/h4-7,10,12-13,22H,11H2,1-3H3,(H,20,21)/t13-/m0/s1. The highest BCUT2D eigenvalue weighted by Crippen LogP contribution is 2.09. The molecule has 0 fully saturated rings. The van der Waals surface area contributed by atoms with Gasteiger partial charge < -0.3 is 14.8 Å². The maximum atomic E-state index is 12.1. The van der Waals surface area contributed by atoms with E-state index in [2.05, 4.69) is 22.1 Å². The van der Waals surface area contributed by atoms with Crippen molar-refractivity contribution in [1.82, 2.24) is 10.3 Å². The lowest BCUT2D eigenvalue weighted by Crippen LogP contribution is -2.33. The van der Waals surface area contributed by atoms with Gasteiger partial charge in [-0.1, -0.05) is 12.0 Å². The molecule has 0 unspecified atom stereocenters. The van der Waals surface area contributed by atoms with E-state index in [4.69, 9.17) is 4.42 Å².